The summed E-state index contributed by atoms with van der Waals surface area (Å²) in [5, 5.41) is 0. The average molecular weight is 225 g/mol. The van der Waals surface area contributed by atoms with Crippen molar-refractivity contribution in [1.82, 2.24) is 0 Å². The molecule has 0 aliphatic rings. The Hall–Kier alpha value is 0. The first kappa shape index (κ1) is 16.0. The lowest BCUT2D eigenvalue weighted by atomic mass is 9.69. The summed E-state index contributed by atoms with van der Waals surface area (Å²) >= 11 is 0. The summed E-state index contributed by atoms with van der Waals surface area (Å²) in [6, 6.07) is 0. The number of rotatable bonds is 5. The summed E-state index contributed by atoms with van der Waals surface area (Å²) < 4.78 is 0. The summed E-state index contributed by atoms with van der Waals surface area (Å²) in [5.74, 6) is 1.38. The summed E-state index contributed by atoms with van der Waals surface area (Å²) in [4.78, 5) is 0. The fourth-order valence-corrected chi connectivity index (χ4v) is 2.05. The van der Waals surface area contributed by atoms with Gasteiger partial charge in [0.05, 0.1) is 0 Å². The van der Waals surface area contributed by atoms with E-state index in [1.54, 1.807) is 0 Å². The first-order valence-corrected chi connectivity index (χ1v) is 6.92. The molecule has 0 aromatic heterocycles. The molecule has 97 valence electrons. The second kappa shape index (κ2) is 6.07. The molecule has 16 heavy (non-hydrogen) atoms. The van der Waals surface area contributed by atoms with E-state index in [2.05, 4.69) is 55.4 Å². The zero-order valence-corrected chi connectivity index (χ0v) is 12.7. The molecule has 0 aromatic rings. The maximum atomic E-state index is 4.37. The monoisotopic (exact) mass is 225 g/mol. The average Bonchev–Trinajstić information content (AvgIpc) is 2.08. The highest BCUT2D eigenvalue weighted by molar-refractivity contribution is 4.83. The van der Waals surface area contributed by atoms with Crippen molar-refractivity contribution in [2.75, 3.05) is 0 Å². The molecule has 0 heterocycles. The minimum absolute atomic E-state index is 0.343. The van der Waals surface area contributed by atoms with Gasteiger partial charge in [-0.05, 0) is 42.4 Å². The van der Waals surface area contributed by atoms with Crippen molar-refractivity contribution in [1.29, 1.82) is 0 Å². The molecule has 0 aromatic carbocycles. The fourth-order valence-electron chi connectivity index (χ4n) is 2.05. The van der Waals surface area contributed by atoms with Crippen LogP contribution in [0.25, 0.3) is 0 Å². The van der Waals surface area contributed by atoms with Crippen LogP contribution in [0.15, 0.2) is 0 Å². The van der Waals surface area contributed by atoms with Gasteiger partial charge in [0, 0.05) is 0 Å². The molecule has 0 heteroatoms. The molecule has 0 nitrogen and oxygen atoms in total. The highest BCUT2D eigenvalue weighted by Crippen LogP contribution is 2.39. The van der Waals surface area contributed by atoms with Crippen LogP contribution >= 0.6 is 0 Å². The molecule has 1 radical (unpaired) electrons. The molecule has 0 rings (SSSR count). The second-order valence-electron chi connectivity index (χ2n) is 7.50. The molecule has 0 N–H and O–H groups in total. The van der Waals surface area contributed by atoms with Gasteiger partial charge in [-0.3, -0.25) is 0 Å². The van der Waals surface area contributed by atoms with E-state index >= 15 is 0 Å². The van der Waals surface area contributed by atoms with Gasteiger partial charge >= 0.3 is 0 Å². The Bertz CT molecular complexity index is 177. The molecule has 0 fully saturated rings. The van der Waals surface area contributed by atoms with Crippen LogP contribution in [0.3, 0.4) is 0 Å². The summed E-state index contributed by atoms with van der Waals surface area (Å²) in [7, 11) is 0. The van der Waals surface area contributed by atoms with Gasteiger partial charge in [-0.1, -0.05) is 61.3 Å². The smallest absolute Gasteiger partial charge is 0.0354 e. The van der Waals surface area contributed by atoms with Crippen LogP contribution in [0.5, 0.6) is 0 Å². The largest absolute Gasteiger partial charge is 0.0654 e. The topological polar surface area (TPSA) is 0 Å². The molecule has 0 aliphatic carbocycles. The zero-order chi connectivity index (χ0) is 13.0. The standard InChI is InChI=1S/C16H33/c1-9-10-11-14(16(6,7)8)12-13(2)15(3,4)5/h13-14H,2,9-12H2,1,3-8H3. The highest BCUT2D eigenvalue weighted by atomic mass is 14.3. The van der Waals surface area contributed by atoms with Gasteiger partial charge in [-0.2, -0.15) is 0 Å². The van der Waals surface area contributed by atoms with Gasteiger partial charge in [0.1, 0.15) is 0 Å². The molecule has 0 bridgehead atoms. The van der Waals surface area contributed by atoms with Crippen LogP contribution in [0, 0.1) is 29.6 Å². The van der Waals surface area contributed by atoms with E-state index in [1.807, 2.05) is 0 Å². The van der Waals surface area contributed by atoms with Crippen molar-refractivity contribution in [3.05, 3.63) is 6.92 Å². The minimum atomic E-state index is 0.343. The quantitative estimate of drug-likeness (QED) is 0.561. The lowest BCUT2D eigenvalue weighted by Gasteiger charge is -2.37. The second-order valence-corrected chi connectivity index (χ2v) is 7.50. The molecule has 0 spiro atoms. The Labute approximate surface area is 104 Å². The molecule has 2 unspecified atom stereocenters. The third-order valence-corrected chi connectivity index (χ3v) is 3.92. The van der Waals surface area contributed by atoms with E-state index < -0.39 is 0 Å². The van der Waals surface area contributed by atoms with Crippen LogP contribution in [0.2, 0.25) is 0 Å². The predicted molar refractivity (Wildman–Crippen MR) is 75.4 cm³/mol. The Morgan fingerprint density at radius 3 is 1.75 bits per heavy atom. The molecule has 0 saturated carbocycles. The van der Waals surface area contributed by atoms with Gasteiger partial charge < -0.3 is 0 Å². The van der Waals surface area contributed by atoms with Crippen LogP contribution < -0.4 is 0 Å². The lowest BCUT2D eigenvalue weighted by molar-refractivity contribution is 0.148. The van der Waals surface area contributed by atoms with Gasteiger partial charge in [0.15, 0.2) is 0 Å². The van der Waals surface area contributed by atoms with Crippen molar-refractivity contribution in [2.45, 2.75) is 74.1 Å². The number of hydrogen-bond acceptors (Lipinski definition) is 0. The SMILES string of the molecule is [CH2]C(CC(CCCC)C(C)(C)C)C(C)(C)C. The van der Waals surface area contributed by atoms with Crippen molar-refractivity contribution >= 4 is 0 Å². The van der Waals surface area contributed by atoms with Gasteiger partial charge in [-0.25, -0.2) is 0 Å². The fraction of sp³-hybridized carbons (Fsp3) is 0.938. The molecule has 0 amide bonds. The van der Waals surface area contributed by atoms with Crippen LogP contribution in [0.1, 0.15) is 74.1 Å². The first-order valence-electron chi connectivity index (χ1n) is 6.92. The van der Waals surface area contributed by atoms with Crippen molar-refractivity contribution in [3.8, 4) is 0 Å². The van der Waals surface area contributed by atoms with Gasteiger partial charge in [0.25, 0.3) is 0 Å². The third-order valence-electron chi connectivity index (χ3n) is 3.92. The van der Waals surface area contributed by atoms with Crippen LogP contribution in [-0.4, -0.2) is 0 Å². The summed E-state index contributed by atoms with van der Waals surface area (Å²) in [6.07, 6.45) is 5.30. The van der Waals surface area contributed by atoms with Crippen LogP contribution in [-0.2, 0) is 0 Å². The Kier molecular flexibility index (Phi) is 6.07. The van der Waals surface area contributed by atoms with Crippen molar-refractivity contribution < 1.29 is 0 Å². The van der Waals surface area contributed by atoms with E-state index in [0.717, 1.165) is 5.92 Å². The maximum Gasteiger partial charge on any atom is -0.0354 e. The molecular weight excluding hydrogens is 192 g/mol. The normalized spacial score (nSPS) is 17.2. The van der Waals surface area contributed by atoms with Gasteiger partial charge in [-0.15, -0.1) is 0 Å². The summed E-state index contributed by atoms with van der Waals surface area (Å²) in [5.41, 5.74) is 0.770. The Morgan fingerprint density at radius 2 is 1.44 bits per heavy atom. The third kappa shape index (κ3) is 5.92. The molecular formula is C16H33. The molecule has 0 saturated heterocycles. The number of unbranched alkanes of at least 4 members (excludes halogenated alkanes) is 1. The molecule has 0 aliphatic heterocycles. The van der Waals surface area contributed by atoms with Crippen molar-refractivity contribution in [2.24, 2.45) is 22.7 Å². The Balaban J connectivity index is 4.43. The van der Waals surface area contributed by atoms with E-state index in [4.69, 9.17) is 0 Å². The number of hydrogen-bond donors (Lipinski definition) is 0. The predicted octanol–water partition coefficient (Wildman–Crippen LogP) is 5.73. The van der Waals surface area contributed by atoms with Gasteiger partial charge in [0.2, 0.25) is 0 Å². The van der Waals surface area contributed by atoms with E-state index in [1.165, 1.54) is 25.7 Å². The van der Waals surface area contributed by atoms with Crippen LogP contribution in [0.4, 0.5) is 0 Å². The Morgan fingerprint density at radius 1 is 0.938 bits per heavy atom. The van der Waals surface area contributed by atoms with Crippen molar-refractivity contribution in [3.63, 3.8) is 0 Å². The maximum absolute atomic E-state index is 4.37. The highest BCUT2D eigenvalue weighted by Gasteiger charge is 2.29. The summed E-state index contributed by atoms with van der Waals surface area (Å²) in [6.45, 7) is 20.7. The first-order chi connectivity index (χ1) is 7.09. The van der Waals surface area contributed by atoms with E-state index in [-0.39, 0.29) is 0 Å². The van der Waals surface area contributed by atoms with E-state index in [0.29, 0.717) is 16.7 Å². The van der Waals surface area contributed by atoms with E-state index in [9.17, 15) is 0 Å². The zero-order valence-electron chi connectivity index (χ0n) is 12.7. The lowest BCUT2D eigenvalue weighted by Crippen LogP contribution is -2.27. The molecule has 2 atom stereocenters. The minimum Gasteiger partial charge on any atom is -0.0654 e.